The number of esters is 1. The van der Waals surface area contributed by atoms with Crippen molar-refractivity contribution in [2.75, 3.05) is 14.2 Å². The van der Waals surface area contributed by atoms with Crippen LogP contribution in [0.15, 0.2) is 94.0 Å². The minimum Gasteiger partial charge on any atom is -0.496 e. The molecule has 44 heavy (non-hydrogen) atoms. The Labute approximate surface area is 259 Å². The molecule has 0 saturated carbocycles. The molecule has 0 spiro atoms. The number of rotatable bonds is 7. The number of benzene rings is 3. The number of carbonyl (C=O) groups is 1. The van der Waals surface area contributed by atoms with E-state index < -0.39 is 16.9 Å². The largest absolute Gasteiger partial charge is 0.496 e. The second-order valence-corrected chi connectivity index (χ2v) is 11.6. The van der Waals surface area contributed by atoms with Crippen molar-refractivity contribution < 1.29 is 19.2 Å². The molecule has 0 aliphatic carbocycles. The lowest BCUT2D eigenvalue weighted by Crippen LogP contribution is -2.40. The Balaban J connectivity index is 1.51. The van der Waals surface area contributed by atoms with Crippen LogP contribution < -0.4 is 19.6 Å². The Morgan fingerprint density at radius 1 is 1.14 bits per heavy atom. The van der Waals surface area contributed by atoms with Crippen molar-refractivity contribution in [1.29, 1.82) is 0 Å². The number of fused-ring (bicyclic) bond motifs is 2. The molecule has 5 aromatic rings. The van der Waals surface area contributed by atoms with Gasteiger partial charge in [0.1, 0.15) is 11.8 Å². The second-order valence-electron chi connectivity index (χ2n) is 10.1. The summed E-state index contributed by atoms with van der Waals surface area (Å²) >= 11 is 7.59. The molecule has 0 saturated heterocycles. The molecule has 6 rings (SSSR count). The maximum Gasteiger partial charge on any atom is 0.338 e. The number of para-hydroxylation sites is 1. The number of non-ortho nitro benzene ring substituents is 1. The molecule has 1 atom stereocenters. The molecule has 10 nitrogen and oxygen atoms in total. The highest BCUT2D eigenvalue weighted by atomic mass is 35.5. The molecule has 12 heteroatoms. The third-order valence-corrected chi connectivity index (χ3v) is 8.74. The SMILES string of the molecule is COC(=O)C1=C(C)N=c2s/c(=C\c3cn(Cc4ccc([N+](=O)[O-])cc4)c4ccccc34)c(=O)n2[C@@H]1c1cc(Cl)ccc1OC. The minimum atomic E-state index is -0.877. The third kappa shape index (κ3) is 5.10. The van der Waals surface area contributed by atoms with Crippen LogP contribution in [-0.4, -0.2) is 34.2 Å². The normalized spacial score (nSPS) is 14.8. The van der Waals surface area contributed by atoms with Crippen molar-refractivity contribution in [3.05, 3.63) is 136 Å². The summed E-state index contributed by atoms with van der Waals surface area (Å²) < 4.78 is 14.7. The molecular weight excluding hydrogens is 604 g/mol. The number of nitro benzene ring substituents is 1. The van der Waals surface area contributed by atoms with E-state index in [1.807, 2.05) is 41.1 Å². The molecule has 2 aromatic heterocycles. The number of allylic oxidation sites excluding steroid dienone is 1. The molecule has 0 fully saturated rings. The number of thiazole rings is 1. The maximum absolute atomic E-state index is 14.1. The van der Waals surface area contributed by atoms with Gasteiger partial charge in [-0.05, 0) is 42.8 Å². The number of halogens is 1. The Morgan fingerprint density at radius 3 is 2.59 bits per heavy atom. The Hall–Kier alpha value is -5.00. The van der Waals surface area contributed by atoms with Crippen LogP contribution in [0, 0.1) is 10.1 Å². The number of hydrogen-bond acceptors (Lipinski definition) is 8. The highest BCUT2D eigenvalue weighted by molar-refractivity contribution is 7.07. The molecule has 0 N–H and O–H groups in total. The molecule has 3 heterocycles. The fraction of sp³-hybridized carbons (Fsp3) is 0.156. The van der Waals surface area contributed by atoms with E-state index in [4.69, 9.17) is 21.1 Å². The molecule has 222 valence electrons. The summed E-state index contributed by atoms with van der Waals surface area (Å²) in [5.41, 5.74) is 3.51. The fourth-order valence-corrected chi connectivity index (χ4v) is 6.71. The van der Waals surface area contributed by atoms with Crippen LogP contribution in [0.5, 0.6) is 5.75 Å². The monoisotopic (exact) mass is 628 g/mol. The van der Waals surface area contributed by atoms with E-state index in [-0.39, 0.29) is 16.8 Å². The number of nitrogens with zero attached hydrogens (tertiary/aromatic N) is 4. The Bertz CT molecular complexity index is 2180. The van der Waals surface area contributed by atoms with Gasteiger partial charge in [-0.1, -0.05) is 53.3 Å². The topological polar surface area (TPSA) is 118 Å². The first-order valence-electron chi connectivity index (χ1n) is 13.5. The Morgan fingerprint density at radius 2 is 1.89 bits per heavy atom. The molecular formula is C32H25ClN4O6S. The van der Waals surface area contributed by atoms with Gasteiger partial charge in [-0.3, -0.25) is 19.5 Å². The van der Waals surface area contributed by atoms with Crippen molar-refractivity contribution in [1.82, 2.24) is 9.13 Å². The van der Waals surface area contributed by atoms with Crippen LogP contribution in [0.1, 0.15) is 29.7 Å². The van der Waals surface area contributed by atoms with Gasteiger partial charge in [-0.25, -0.2) is 9.79 Å². The van der Waals surface area contributed by atoms with Gasteiger partial charge < -0.3 is 14.0 Å². The summed E-state index contributed by atoms with van der Waals surface area (Å²) in [6.45, 7) is 2.18. The summed E-state index contributed by atoms with van der Waals surface area (Å²) in [5, 5.41) is 12.4. The van der Waals surface area contributed by atoms with Crippen LogP contribution in [0.25, 0.3) is 17.0 Å². The van der Waals surface area contributed by atoms with Gasteiger partial charge in [0.25, 0.3) is 11.2 Å². The standard InChI is InChI=1S/C32H25ClN4O6S/c1-18-28(31(39)43-3)29(24-15-21(33)10-13-26(24)42-2)36-30(38)27(44-32(36)34-18)14-20-17-35(25-7-5-4-6-23(20)25)16-19-8-11-22(12-9-19)37(40)41/h4-15,17,29H,16H2,1-3H3/b27-14-/t29-/m1/s1. The number of methoxy groups -OCH3 is 2. The van der Waals surface area contributed by atoms with Gasteiger partial charge in [-0.15, -0.1) is 0 Å². The zero-order chi connectivity index (χ0) is 31.1. The van der Waals surface area contributed by atoms with E-state index in [1.165, 1.54) is 42.3 Å². The summed E-state index contributed by atoms with van der Waals surface area (Å²) in [6, 6.07) is 18.4. The number of nitro groups is 1. The van der Waals surface area contributed by atoms with Gasteiger partial charge in [0.2, 0.25) is 0 Å². The quantitative estimate of drug-likeness (QED) is 0.143. The number of aromatic nitrogens is 2. The molecule has 0 bridgehead atoms. The predicted molar refractivity (Wildman–Crippen MR) is 168 cm³/mol. The molecule has 1 aliphatic heterocycles. The summed E-state index contributed by atoms with van der Waals surface area (Å²) in [7, 11) is 2.80. The van der Waals surface area contributed by atoms with Crippen molar-refractivity contribution in [2.24, 2.45) is 4.99 Å². The van der Waals surface area contributed by atoms with Crippen LogP contribution in [0.2, 0.25) is 5.02 Å². The van der Waals surface area contributed by atoms with E-state index in [2.05, 4.69) is 4.99 Å². The average Bonchev–Trinajstić information content (AvgIpc) is 3.52. The Kier molecular flexibility index (Phi) is 7.66. The van der Waals surface area contributed by atoms with Crippen LogP contribution in [0.3, 0.4) is 0 Å². The van der Waals surface area contributed by atoms with E-state index in [0.717, 1.165) is 22.0 Å². The highest BCUT2D eigenvalue weighted by Crippen LogP contribution is 2.37. The fourth-order valence-electron chi connectivity index (χ4n) is 5.49. The molecule has 0 amide bonds. The van der Waals surface area contributed by atoms with E-state index in [1.54, 1.807) is 37.3 Å². The van der Waals surface area contributed by atoms with Crippen molar-refractivity contribution in [2.45, 2.75) is 19.5 Å². The smallest absolute Gasteiger partial charge is 0.338 e. The minimum absolute atomic E-state index is 0.0291. The van der Waals surface area contributed by atoms with Crippen LogP contribution in [-0.2, 0) is 16.1 Å². The number of hydrogen-bond donors (Lipinski definition) is 0. The molecule has 0 unspecified atom stereocenters. The molecule has 1 aliphatic rings. The van der Waals surface area contributed by atoms with Crippen LogP contribution in [0.4, 0.5) is 5.69 Å². The summed E-state index contributed by atoms with van der Waals surface area (Å²) in [6.07, 6.45) is 3.77. The highest BCUT2D eigenvalue weighted by Gasteiger charge is 2.35. The van der Waals surface area contributed by atoms with Gasteiger partial charge in [0.05, 0.1) is 34.9 Å². The van der Waals surface area contributed by atoms with Gasteiger partial charge in [-0.2, -0.15) is 0 Å². The first-order chi connectivity index (χ1) is 21.2. The molecule has 3 aromatic carbocycles. The third-order valence-electron chi connectivity index (χ3n) is 7.52. The molecule has 0 radical (unpaired) electrons. The van der Waals surface area contributed by atoms with Gasteiger partial charge in [0.15, 0.2) is 4.80 Å². The zero-order valence-electron chi connectivity index (χ0n) is 23.8. The first kappa shape index (κ1) is 29.1. The van der Waals surface area contributed by atoms with Gasteiger partial charge >= 0.3 is 5.97 Å². The average molecular weight is 629 g/mol. The van der Waals surface area contributed by atoms with E-state index in [0.29, 0.717) is 37.9 Å². The maximum atomic E-state index is 14.1. The van der Waals surface area contributed by atoms with Gasteiger partial charge in [0, 0.05) is 51.9 Å². The van der Waals surface area contributed by atoms with E-state index >= 15 is 0 Å². The summed E-state index contributed by atoms with van der Waals surface area (Å²) in [5.74, 6) is -0.152. The van der Waals surface area contributed by atoms with Crippen LogP contribution >= 0.6 is 22.9 Å². The summed E-state index contributed by atoms with van der Waals surface area (Å²) in [4.78, 5) is 42.9. The van der Waals surface area contributed by atoms with E-state index in [9.17, 15) is 19.7 Å². The number of carbonyl (C=O) groups excluding carboxylic acids is 1. The van der Waals surface area contributed by atoms with Crippen molar-refractivity contribution in [3.63, 3.8) is 0 Å². The lowest BCUT2D eigenvalue weighted by molar-refractivity contribution is -0.384. The first-order valence-corrected chi connectivity index (χ1v) is 14.6. The second kappa shape index (κ2) is 11.6. The lowest BCUT2D eigenvalue weighted by Gasteiger charge is -2.25. The predicted octanol–water partition coefficient (Wildman–Crippen LogP) is 4.98. The zero-order valence-corrected chi connectivity index (χ0v) is 25.4. The number of ether oxygens (including phenoxy) is 2. The van der Waals surface area contributed by atoms with Crippen molar-refractivity contribution in [3.8, 4) is 5.75 Å². The lowest BCUT2D eigenvalue weighted by atomic mass is 9.95. The van der Waals surface area contributed by atoms with Crippen molar-refractivity contribution >= 4 is 51.6 Å².